The van der Waals surface area contributed by atoms with E-state index in [0.29, 0.717) is 18.4 Å². The van der Waals surface area contributed by atoms with E-state index in [-0.39, 0.29) is 17.5 Å². The number of ketones is 2. The van der Waals surface area contributed by atoms with Crippen LogP contribution in [0.15, 0.2) is 42.1 Å². The van der Waals surface area contributed by atoms with Crippen molar-refractivity contribution in [3.8, 4) is 0 Å². The lowest BCUT2D eigenvalue weighted by molar-refractivity contribution is -0.125. The monoisotopic (exact) mass is 257 g/mol. The molecular weight excluding hydrogens is 238 g/mol. The Balaban J connectivity index is 2.06. The quantitative estimate of drug-likeness (QED) is 0.615. The van der Waals surface area contributed by atoms with Gasteiger partial charge in [-0.05, 0) is 17.9 Å². The molecule has 0 heterocycles. The molecule has 0 bridgehead atoms. The first-order valence-corrected chi connectivity index (χ1v) is 6.55. The molecule has 19 heavy (non-hydrogen) atoms. The summed E-state index contributed by atoms with van der Waals surface area (Å²) >= 11 is 0. The molecule has 1 aromatic rings. The van der Waals surface area contributed by atoms with Crippen LogP contribution in [-0.4, -0.2) is 30.6 Å². The molecular formula is C16H19NO2. The highest BCUT2D eigenvalue weighted by molar-refractivity contribution is 6.21. The maximum absolute atomic E-state index is 12.0. The van der Waals surface area contributed by atoms with E-state index < -0.39 is 0 Å². The minimum atomic E-state index is -0.0223. The van der Waals surface area contributed by atoms with Gasteiger partial charge in [0.2, 0.25) is 0 Å². The SMILES string of the molecule is CN(C)C=C1C(=O)CC(Cc2ccccc2)CC1=O. The number of allylic oxidation sites excluding steroid dienone is 1. The molecule has 0 spiro atoms. The summed E-state index contributed by atoms with van der Waals surface area (Å²) in [6.45, 7) is 0. The van der Waals surface area contributed by atoms with Crippen molar-refractivity contribution in [1.29, 1.82) is 0 Å². The standard InChI is InChI=1S/C16H19NO2/c1-17(2)11-14-15(18)9-13(10-16(14)19)8-12-6-4-3-5-7-12/h3-7,11,13H,8-10H2,1-2H3. The molecule has 100 valence electrons. The van der Waals surface area contributed by atoms with E-state index in [2.05, 4.69) is 0 Å². The van der Waals surface area contributed by atoms with Crippen molar-refractivity contribution < 1.29 is 9.59 Å². The second kappa shape index (κ2) is 5.83. The largest absolute Gasteiger partial charge is 0.383 e. The van der Waals surface area contributed by atoms with Gasteiger partial charge in [-0.3, -0.25) is 9.59 Å². The van der Waals surface area contributed by atoms with Gasteiger partial charge in [0.1, 0.15) is 0 Å². The van der Waals surface area contributed by atoms with E-state index in [1.54, 1.807) is 11.1 Å². The fourth-order valence-corrected chi connectivity index (χ4v) is 2.47. The fourth-order valence-electron chi connectivity index (χ4n) is 2.47. The number of hydrogen-bond donors (Lipinski definition) is 0. The highest BCUT2D eigenvalue weighted by Gasteiger charge is 2.30. The van der Waals surface area contributed by atoms with Gasteiger partial charge in [-0.1, -0.05) is 30.3 Å². The molecule has 0 aromatic heterocycles. The molecule has 1 aromatic carbocycles. The highest BCUT2D eigenvalue weighted by atomic mass is 16.1. The summed E-state index contributed by atoms with van der Waals surface area (Å²) in [5.41, 5.74) is 1.54. The lowest BCUT2D eigenvalue weighted by atomic mass is 9.81. The third kappa shape index (κ3) is 3.53. The van der Waals surface area contributed by atoms with Gasteiger partial charge in [0.15, 0.2) is 11.6 Å². The molecule has 1 aliphatic carbocycles. The first-order chi connectivity index (χ1) is 9.06. The normalized spacial score (nSPS) is 19.5. The van der Waals surface area contributed by atoms with Gasteiger partial charge in [-0.15, -0.1) is 0 Å². The predicted molar refractivity (Wildman–Crippen MR) is 74.7 cm³/mol. The van der Waals surface area contributed by atoms with Crippen LogP contribution < -0.4 is 0 Å². The average molecular weight is 257 g/mol. The molecule has 1 fully saturated rings. The van der Waals surface area contributed by atoms with Crippen molar-refractivity contribution >= 4 is 11.6 Å². The second-order valence-corrected chi connectivity index (χ2v) is 5.32. The lowest BCUT2D eigenvalue weighted by Gasteiger charge is -2.22. The Morgan fingerprint density at radius 3 is 2.21 bits per heavy atom. The number of hydrogen-bond acceptors (Lipinski definition) is 3. The third-order valence-electron chi connectivity index (χ3n) is 3.30. The maximum atomic E-state index is 12.0. The topological polar surface area (TPSA) is 37.4 Å². The van der Waals surface area contributed by atoms with Crippen LogP contribution in [-0.2, 0) is 16.0 Å². The Hall–Kier alpha value is -1.90. The van der Waals surface area contributed by atoms with Gasteiger partial charge in [0.05, 0.1) is 5.57 Å². The number of benzene rings is 1. The Kier molecular flexibility index (Phi) is 4.15. The summed E-state index contributed by atoms with van der Waals surface area (Å²) in [7, 11) is 3.65. The average Bonchev–Trinajstić information content (AvgIpc) is 2.35. The molecule has 0 atom stereocenters. The second-order valence-electron chi connectivity index (χ2n) is 5.32. The molecule has 0 saturated heterocycles. The maximum Gasteiger partial charge on any atom is 0.168 e. The summed E-state index contributed by atoms with van der Waals surface area (Å²) in [5, 5.41) is 0. The van der Waals surface area contributed by atoms with Crippen LogP contribution in [0.3, 0.4) is 0 Å². The fraction of sp³-hybridized carbons (Fsp3) is 0.375. The van der Waals surface area contributed by atoms with E-state index in [9.17, 15) is 9.59 Å². The van der Waals surface area contributed by atoms with Crippen molar-refractivity contribution in [2.45, 2.75) is 19.3 Å². The minimum Gasteiger partial charge on any atom is -0.383 e. The smallest absolute Gasteiger partial charge is 0.168 e. The van der Waals surface area contributed by atoms with E-state index in [1.165, 1.54) is 5.56 Å². The third-order valence-corrected chi connectivity index (χ3v) is 3.30. The van der Waals surface area contributed by atoms with E-state index in [4.69, 9.17) is 0 Å². The van der Waals surface area contributed by atoms with Crippen LogP contribution in [0, 0.1) is 5.92 Å². The van der Waals surface area contributed by atoms with Crippen LogP contribution in [0.1, 0.15) is 18.4 Å². The number of rotatable bonds is 3. The summed E-state index contributed by atoms with van der Waals surface area (Å²) in [4.78, 5) is 25.8. The van der Waals surface area contributed by atoms with Gasteiger partial charge in [0, 0.05) is 33.1 Å². The lowest BCUT2D eigenvalue weighted by Crippen LogP contribution is -2.28. The number of carbonyl (C=O) groups is 2. The molecule has 0 amide bonds. The first kappa shape index (κ1) is 13.5. The zero-order valence-electron chi connectivity index (χ0n) is 11.4. The number of nitrogens with zero attached hydrogens (tertiary/aromatic N) is 1. The van der Waals surface area contributed by atoms with Gasteiger partial charge in [-0.2, -0.15) is 0 Å². The van der Waals surface area contributed by atoms with Gasteiger partial charge in [-0.25, -0.2) is 0 Å². The predicted octanol–water partition coefficient (Wildman–Crippen LogP) is 2.22. The Bertz CT molecular complexity index is 483. The van der Waals surface area contributed by atoms with Crippen LogP contribution >= 0.6 is 0 Å². The zero-order chi connectivity index (χ0) is 13.8. The Morgan fingerprint density at radius 2 is 1.68 bits per heavy atom. The molecule has 0 unspecified atom stereocenters. The molecule has 3 heteroatoms. The molecule has 0 N–H and O–H groups in total. The Labute approximate surface area is 113 Å². The van der Waals surface area contributed by atoms with E-state index in [1.807, 2.05) is 44.4 Å². The van der Waals surface area contributed by atoms with Crippen molar-refractivity contribution in [2.24, 2.45) is 5.92 Å². The molecule has 1 aliphatic rings. The molecule has 3 nitrogen and oxygen atoms in total. The summed E-state index contributed by atoms with van der Waals surface area (Å²) < 4.78 is 0. The molecule has 2 rings (SSSR count). The van der Waals surface area contributed by atoms with Gasteiger partial charge < -0.3 is 4.90 Å². The van der Waals surface area contributed by atoms with Crippen molar-refractivity contribution in [3.63, 3.8) is 0 Å². The van der Waals surface area contributed by atoms with Crippen LogP contribution in [0.25, 0.3) is 0 Å². The van der Waals surface area contributed by atoms with Crippen LogP contribution in [0.4, 0.5) is 0 Å². The van der Waals surface area contributed by atoms with E-state index in [0.717, 1.165) is 6.42 Å². The molecule has 0 radical (unpaired) electrons. The Morgan fingerprint density at radius 1 is 1.11 bits per heavy atom. The van der Waals surface area contributed by atoms with Crippen molar-refractivity contribution in [3.05, 3.63) is 47.7 Å². The van der Waals surface area contributed by atoms with E-state index >= 15 is 0 Å². The molecule has 0 aliphatic heterocycles. The first-order valence-electron chi connectivity index (χ1n) is 6.55. The minimum absolute atomic E-state index is 0.0223. The van der Waals surface area contributed by atoms with Crippen molar-refractivity contribution in [2.75, 3.05) is 14.1 Å². The van der Waals surface area contributed by atoms with Gasteiger partial charge >= 0.3 is 0 Å². The van der Waals surface area contributed by atoms with Crippen LogP contribution in [0.2, 0.25) is 0 Å². The van der Waals surface area contributed by atoms with Gasteiger partial charge in [0.25, 0.3) is 0 Å². The zero-order valence-corrected chi connectivity index (χ0v) is 11.4. The van der Waals surface area contributed by atoms with Crippen molar-refractivity contribution in [1.82, 2.24) is 4.90 Å². The van der Waals surface area contributed by atoms with Crippen LogP contribution in [0.5, 0.6) is 0 Å². The summed E-state index contributed by atoms with van der Waals surface area (Å²) in [6, 6.07) is 10.0. The summed E-state index contributed by atoms with van der Waals surface area (Å²) in [6.07, 6.45) is 3.39. The number of Topliss-reactive ketones (excluding diaryl/α,β-unsaturated/α-hetero) is 2. The highest BCUT2D eigenvalue weighted by Crippen LogP contribution is 2.26. The molecule has 1 saturated carbocycles. The summed E-state index contributed by atoms with van der Waals surface area (Å²) in [5.74, 6) is 0.0958. The number of carbonyl (C=O) groups excluding carboxylic acids is 2.